The Kier molecular flexibility index (Phi) is 4.49. The van der Waals surface area contributed by atoms with Gasteiger partial charge in [0, 0.05) is 25.2 Å². The predicted molar refractivity (Wildman–Crippen MR) is 73.9 cm³/mol. The maximum Gasteiger partial charge on any atom is 0.256 e. The van der Waals surface area contributed by atoms with Crippen molar-refractivity contribution in [2.45, 2.75) is 23.8 Å². The third-order valence-corrected chi connectivity index (χ3v) is 3.62. The molecule has 1 aliphatic rings. The van der Waals surface area contributed by atoms with E-state index in [1.54, 1.807) is 4.90 Å². The summed E-state index contributed by atoms with van der Waals surface area (Å²) in [6.07, 6.45) is 0. The number of halogens is 2. The molecule has 1 heterocycles. The molecule has 1 saturated heterocycles. The molecule has 0 radical (unpaired) electrons. The molecule has 1 aromatic rings. The number of carbonyl (C=O) groups excluding carboxylic acids is 1. The standard InChI is InChI=1S/C13H16Cl2N2O/c1-9-7-16-11(10-5-3-2-4-6-10)8-17(9)13(18)12(14)15/h2-6,9,11-12,16H,7-8H2,1H3. The van der Waals surface area contributed by atoms with Crippen LogP contribution in [0.2, 0.25) is 0 Å². The number of nitrogens with one attached hydrogen (secondary N) is 1. The number of benzene rings is 1. The first kappa shape index (κ1) is 13.7. The van der Waals surface area contributed by atoms with Crippen LogP contribution in [0.1, 0.15) is 18.5 Å². The van der Waals surface area contributed by atoms with E-state index < -0.39 is 4.84 Å². The van der Waals surface area contributed by atoms with E-state index in [1.807, 2.05) is 25.1 Å². The van der Waals surface area contributed by atoms with Crippen molar-refractivity contribution in [1.29, 1.82) is 0 Å². The Morgan fingerprint density at radius 1 is 1.39 bits per heavy atom. The second-order valence-corrected chi connectivity index (χ2v) is 5.61. The van der Waals surface area contributed by atoms with E-state index >= 15 is 0 Å². The summed E-state index contributed by atoms with van der Waals surface area (Å²) in [6.45, 7) is 3.33. The van der Waals surface area contributed by atoms with Crippen LogP contribution in [-0.2, 0) is 4.79 Å². The fourth-order valence-electron chi connectivity index (χ4n) is 2.21. The van der Waals surface area contributed by atoms with Crippen molar-refractivity contribution >= 4 is 29.1 Å². The SMILES string of the molecule is CC1CNC(c2ccccc2)CN1C(=O)C(Cl)Cl. The summed E-state index contributed by atoms with van der Waals surface area (Å²) >= 11 is 11.3. The van der Waals surface area contributed by atoms with Crippen LogP contribution in [0.3, 0.4) is 0 Å². The third kappa shape index (κ3) is 2.97. The van der Waals surface area contributed by atoms with Gasteiger partial charge in [0.2, 0.25) is 0 Å². The number of piperazine rings is 1. The number of hydrogen-bond donors (Lipinski definition) is 1. The Hall–Kier alpha value is -0.770. The van der Waals surface area contributed by atoms with Gasteiger partial charge in [0.15, 0.2) is 4.84 Å². The number of carbonyl (C=O) groups is 1. The van der Waals surface area contributed by atoms with Crippen molar-refractivity contribution < 1.29 is 4.79 Å². The lowest BCUT2D eigenvalue weighted by molar-refractivity contribution is -0.132. The topological polar surface area (TPSA) is 32.3 Å². The lowest BCUT2D eigenvalue weighted by Gasteiger charge is -2.39. The van der Waals surface area contributed by atoms with Crippen LogP contribution in [0, 0.1) is 0 Å². The molecule has 0 spiro atoms. The van der Waals surface area contributed by atoms with Gasteiger partial charge in [-0.15, -0.1) is 0 Å². The van der Waals surface area contributed by atoms with E-state index in [0.717, 1.165) is 6.54 Å². The molecule has 0 bridgehead atoms. The number of amides is 1. The summed E-state index contributed by atoms with van der Waals surface area (Å²) in [7, 11) is 0. The largest absolute Gasteiger partial charge is 0.334 e. The minimum absolute atomic E-state index is 0.109. The molecular formula is C13H16Cl2N2O. The molecule has 1 aromatic carbocycles. The highest BCUT2D eigenvalue weighted by Crippen LogP contribution is 2.21. The maximum absolute atomic E-state index is 11.9. The van der Waals surface area contributed by atoms with Crippen molar-refractivity contribution in [2.24, 2.45) is 0 Å². The molecule has 1 fully saturated rings. The summed E-state index contributed by atoms with van der Waals surface area (Å²) in [5.41, 5.74) is 1.17. The first-order valence-corrected chi connectivity index (χ1v) is 6.84. The Morgan fingerprint density at radius 2 is 2.06 bits per heavy atom. The number of nitrogens with zero attached hydrogens (tertiary/aromatic N) is 1. The van der Waals surface area contributed by atoms with Crippen LogP contribution >= 0.6 is 23.2 Å². The quantitative estimate of drug-likeness (QED) is 0.847. The minimum atomic E-state index is -0.984. The normalized spacial score (nSPS) is 24.3. The Labute approximate surface area is 117 Å². The summed E-state index contributed by atoms with van der Waals surface area (Å²) in [6, 6.07) is 10.3. The van der Waals surface area contributed by atoms with E-state index in [9.17, 15) is 4.79 Å². The fraction of sp³-hybridized carbons (Fsp3) is 0.462. The molecule has 2 rings (SSSR count). The summed E-state index contributed by atoms with van der Waals surface area (Å²) in [5, 5.41) is 3.43. The van der Waals surface area contributed by atoms with Gasteiger partial charge in [0.05, 0.1) is 0 Å². The monoisotopic (exact) mass is 286 g/mol. The summed E-state index contributed by atoms with van der Waals surface area (Å²) in [5.74, 6) is -0.215. The molecule has 3 nitrogen and oxygen atoms in total. The zero-order valence-electron chi connectivity index (χ0n) is 10.1. The Balaban J connectivity index is 2.12. The average Bonchev–Trinajstić information content (AvgIpc) is 2.39. The molecule has 0 saturated carbocycles. The molecule has 5 heteroatoms. The first-order valence-electron chi connectivity index (χ1n) is 5.96. The van der Waals surface area contributed by atoms with E-state index in [2.05, 4.69) is 17.4 Å². The van der Waals surface area contributed by atoms with Gasteiger partial charge in [-0.2, -0.15) is 0 Å². The van der Waals surface area contributed by atoms with Crippen LogP contribution < -0.4 is 5.32 Å². The zero-order chi connectivity index (χ0) is 13.1. The molecule has 0 aliphatic carbocycles. The summed E-state index contributed by atoms with van der Waals surface area (Å²) in [4.78, 5) is 12.7. The van der Waals surface area contributed by atoms with Crippen molar-refractivity contribution in [1.82, 2.24) is 10.2 Å². The molecule has 1 amide bonds. The molecule has 1 aliphatic heterocycles. The Bertz CT molecular complexity index is 411. The van der Waals surface area contributed by atoms with Gasteiger partial charge in [-0.1, -0.05) is 53.5 Å². The van der Waals surface area contributed by atoms with E-state index in [4.69, 9.17) is 23.2 Å². The molecule has 2 unspecified atom stereocenters. The van der Waals surface area contributed by atoms with E-state index in [1.165, 1.54) is 5.56 Å². The zero-order valence-corrected chi connectivity index (χ0v) is 11.7. The predicted octanol–water partition coefficient (Wildman–Crippen LogP) is 2.35. The highest BCUT2D eigenvalue weighted by Gasteiger charge is 2.31. The number of alkyl halides is 2. The molecular weight excluding hydrogens is 271 g/mol. The molecule has 0 aromatic heterocycles. The van der Waals surface area contributed by atoms with E-state index in [-0.39, 0.29) is 18.0 Å². The van der Waals surface area contributed by atoms with Crippen LogP contribution in [0.4, 0.5) is 0 Å². The average molecular weight is 287 g/mol. The smallest absolute Gasteiger partial charge is 0.256 e. The molecule has 1 N–H and O–H groups in total. The van der Waals surface area contributed by atoms with Crippen molar-refractivity contribution in [2.75, 3.05) is 13.1 Å². The highest BCUT2D eigenvalue weighted by molar-refractivity contribution is 6.53. The van der Waals surface area contributed by atoms with Crippen LogP contribution in [0.5, 0.6) is 0 Å². The molecule has 2 atom stereocenters. The fourth-order valence-corrected chi connectivity index (χ4v) is 2.46. The number of hydrogen-bond acceptors (Lipinski definition) is 2. The lowest BCUT2D eigenvalue weighted by Crippen LogP contribution is -2.54. The van der Waals surface area contributed by atoms with Gasteiger partial charge >= 0.3 is 0 Å². The molecule has 18 heavy (non-hydrogen) atoms. The maximum atomic E-state index is 11.9. The minimum Gasteiger partial charge on any atom is -0.334 e. The lowest BCUT2D eigenvalue weighted by atomic mass is 10.0. The van der Waals surface area contributed by atoms with Gasteiger partial charge in [0.25, 0.3) is 5.91 Å². The van der Waals surface area contributed by atoms with Crippen LogP contribution in [0.15, 0.2) is 30.3 Å². The van der Waals surface area contributed by atoms with Crippen molar-refractivity contribution in [3.05, 3.63) is 35.9 Å². The summed E-state index contributed by atoms with van der Waals surface area (Å²) < 4.78 is 0. The first-order chi connectivity index (χ1) is 8.59. The highest BCUT2D eigenvalue weighted by atomic mass is 35.5. The van der Waals surface area contributed by atoms with Gasteiger partial charge < -0.3 is 10.2 Å². The number of rotatable bonds is 2. The second kappa shape index (κ2) is 5.91. The Morgan fingerprint density at radius 3 is 2.67 bits per heavy atom. The van der Waals surface area contributed by atoms with Gasteiger partial charge in [-0.25, -0.2) is 0 Å². The van der Waals surface area contributed by atoms with Gasteiger partial charge in [-0.05, 0) is 12.5 Å². The molecule has 98 valence electrons. The third-order valence-electron chi connectivity index (χ3n) is 3.24. The van der Waals surface area contributed by atoms with Crippen molar-refractivity contribution in [3.63, 3.8) is 0 Å². The van der Waals surface area contributed by atoms with Gasteiger partial charge in [0.1, 0.15) is 0 Å². The van der Waals surface area contributed by atoms with Crippen LogP contribution in [-0.4, -0.2) is 34.8 Å². The van der Waals surface area contributed by atoms with Gasteiger partial charge in [-0.3, -0.25) is 4.79 Å². The second-order valence-electron chi connectivity index (χ2n) is 4.51. The van der Waals surface area contributed by atoms with E-state index in [0.29, 0.717) is 6.54 Å². The van der Waals surface area contributed by atoms with Crippen LogP contribution in [0.25, 0.3) is 0 Å². The van der Waals surface area contributed by atoms with Crippen molar-refractivity contribution in [3.8, 4) is 0 Å².